The van der Waals surface area contributed by atoms with Gasteiger partial charge in [-0.05, 0) is 38.3 Å². The van der Waals surface area contributed by atoms with Crippen molar-refractivity contribution in [1.29, 1.82) is 0 Å². The van der Waals surface area contributed by atoms with Gasteiger partial charge >= 0.3 is 0 Å². The van der Waals surface area contributed by atoms with E-state index in [1.54, 1.807) is 13.1 Å². The molecule has 2 rings (SSSR count). The highest BCUT2D eigenvalue weighted by Crippen LogP contribution is 2.24. The first-order valence-electron chi connectivity index (χ1n) is 6.09. The lowest BCUT2D eigenvalue weighted by Crippen LogP contribution is -2.46. The van der Waals surface area contributed by atoms with E-state index in [-0.39, 0.29) is 0 Å². The normalized spacial score (nSPS) is 26.9. The average Bonchev–Trinajstić information content (AvgIpc) is 2.28. The maximum absolute atomic E-state index is 10.0. The van der Waals surface area contributed by atoms with Crippen LogP contribution in [0.3, 0.4) is 0 Å². The van der Waals surface area contributed by atoms with E-state index in [1.165, 1.54) is 0 Å². The Hall–Kier alpha value is -1.13. The number of hydrogen-bond donors (Lipinski definition) is 2. The van der Waals surface area contributed by atoms with Crippen LogP contribution in [0.15, 0.2) is 18.3 Å². The molecule has 4 heteroatoms. The highest BCUT2D eigenvalue weighted by molar-refractivity contribution is 5.40. The first-order chi connectivity index (χ1) is 7.98. The number of anilines is 1. The van der Waals surface area contributed by atoms with E-state index < -0.39 is 11.7 Å². The second kappa shape index (κ2) is 4.63. The molecule has 1 aromatic heterocycles. The molecule has 2 N–H and O–H groups in total. The van der Waals surface area contributed by atoms with Crippen molar-refractivity contribution in [2.45, 2.75) is 38.4 Å². The number of rotatable bonds is 2. The van der Waals surface area contributed by atoms with Gasteiger partial charge in [0.1, 0.15) is 5.82 Å². The van der Waals surface area contributed by atoms with Gasteiger partial charge in [-0.1, -0.05) is 6.07 Å². The summed E-state index contributed by atoms with van der Waals surface area (Å²) >= 11 is 0. The van der Waals surface area contributed by atoms with E-state index in [1.807, 2.05) is 19.1 Å². The summed E-state index contributed by atoms with van der Waals surface area (Å²) in [6.45, 7) is 5.14. The molecule has 0 aliphatic carbocycles. The minimum absolute atomic E-state index is 0.485. The van der Waals surface area contributed by atoms with Gasteiger partial charge in [-0.3, -0.25) is 0 Å². The Morgan fingerprint density at radius 2 is 2.24 bits per heavy atom. The van der Waals surface area contributed by atoms with Crippen molar-refractivity contribution in [3.8, 4) is 0 Å². The van der Waals surface area contributed by atoms with Crippen LogP contribution in [0.5, 0.6) is 0 Å². The summed E-state index contributed by atoms with van der Waals surface area (Å²) in [4.78, 5) is 6.44. The van der Waals surface area contributed by atoms with Gasteiger partial charge in [0.05, 0.1) is 11.7 Å². The monoisotopic (exact) mass is 236 g/mol. The molecule has 0 amide bonds. The smallest absolute Gasteiger partial charge is 0.128 e. The Balaban J connectivity index is 2.12. The fraction of sp³-hybridized carbons (Fsp3) is 0.615. The molecule has 2 heterocycles. The van der Waals surface area contributed by atoms with Crippen LogP contribution in [0.2, 0.25) is 0 Å². The molecule has 1 aromatic rings. The summed E-state index contributed by atoms with van der Waals surface area (Å²) in [5, 5.41) is 19.5. The van der Waals surface area contributed by atoms with Gasteiger partial charge in [-0.15, -0.1) is 0 Å². The molecule has 1 aliphatic heterocycles. The molecule has 2 atom stereocenters. The zero-order valence-corrected chi connectivity index (χ0v) is 10.4. The topological polar surface area (TPSA) is 56.6 Å². The van der Waals surface area contributed by atoms with Gasteiger partial charge in [0.15, 0.2) is 0 Å². The molecule has 94 valence electrons. The maximum atomic E-state index is 10.0. The maximum Gasteiger partial charge on any atom is 0.128 e. The summed E-state index contributed by atoms with van der Waals surface area (Å²) in [6.07, 6.45) is 3.03. The predicted molar refractivity (Wildman–Crippen MR) is 66.9 cm³/mol. The molecule has 0 bridgehead atoms. The minimum Gasteiger partial charge on any atom is -0.389 e. The van der Waals surface area contributed by atoms with Crippen LogP contribution < -0.4 is 4.90 Å². The van der Waals surface area contributed by atoms with Crippen LogP contribution >= 0.6 is 0 Å². The largest absolute Gasteiger partial charge is 0.389 e. The Kier molecular flexibility index (Phi) is 3.35. The van der Waals surface area contributed by atoms with Crippen LogP contribution in [0.4, 0.5) is 5.82 Å². The molecular weight excluding hydrogens is 216 g/mol. The van der Waals surface area contributed by atoms with E-state index >= 15 is 0 Å². The highest BCUT2D eigenvalue weighted by atomic mass is 16.3. The number of β-amino-alcohol motifs (C(OH)–C–C–N with tert-alkyl or cyclic N) is 1. The van der Waals surface area contributed by atoms with Gasteiger partial charge in [0.2, 0.25) is 0 Å². The average molecular weight is 236 g/mol. The summed E-state index contributed by atoms with van der Waals surface area (Å²) in [5.41, 5.74) is 0.195. The number of aromatic nitrogens is 1. The Labute approximate surface area is 102 Å². The molecule has 2 unspecified atom stereocenters. The fourth-order valence-corrected chi connectivity index (χ4v) is 2.25. The molecule has 0 radical (unpaired) electrons. The second-order valence-electron chi connectivity index (χ2n) is 5.15. The molecule has 1 saturated heterocycles. The molecule has 17 heavy (non-hydrogen) atoms. The lowest BCUT2D eigenvalue weighted by molar-refractivity contribution is 0.0447. The molecule has 1 aliphatic rings. The Morgan fingerprint density at radius 3 is 2.76 bits per heavy atom. The van der Waals surface area contributed by atoms with Crippen molar-refractivity contribution in [2.24, 2.45) is 0 Å². The number of hydrogen-bond acceptors (Lipinski definition) is 4. The summed E-state index contributed by atoms with van der Waals surface area (Å²) < 4.78 is 0. The molecule has 4 nitrogen and oxygen atoms in total. The van der Waals surface area contributed by atoms with Gasteiger partial charge in [-0.2, -0.15) is 0 Å². The third kappa shape index (κ3) is 2.96. The standard InChI is InChI=1S/C13H20N2O2/c1-10(16)11-4-5-12(14-8-11)15-7-3-6-13(2,17)9-15/h4-5,8,10,16-17H,3,6-7,9H2,1-2H3. The van der Waals surface area contributed by atoms with E-state index in [0.717, 1.165) is 30.8 Å². The summed E-state index contributed by atoms with van der Waals surface area (Å²) in [7, 11) is 0. The van der Waals surface area contributed by atoms with Crippen LogP contribution in [0.25, 0.3) is 0 Å². The molecular formula is C13H20N2O2. The van der Waals surface area contributed by atoms with Gasteiger partial charge in [0, 0.05) is 19.3 Å². The molecule has 0 aromatic carbocycles. The van der Waals surface area contributed by atoms with Crippen LogP contribution in [0, 0.1) is 0 Å². The number of piperidine rings is 1. The zero-order chi connectivity index (χ0) is 12.5. The predicted octanol–water partition coefficient (Wildman–Crippen LogP) is 1.49. The van der Waals surface area contributed by atoms with Crippen LogP contribution in [-0.4, -0.2) is 33.9 Å². The lowest BCUT2D eigenvalue weighted by atomic mass is 9.95. The highest BCUT2D eigenvalue weighted by Gasteiger charge is 2.28. The summed E-state index contributed by atoms with van der Waals surface area (Å²) in [6, 6.07) is 3.79. The number of nitrogens with zero attached hydrogens (tertiary/aromatic N) is 2. The third-order valence-corrected chi connectivity index (χ3v) is 3.25. The SMILES string of the molecule is CC(O)c1ccc(N2CCCC(C)(O)C2)nc1. The van der Waals surface area contributed by atoms with E-state index in [4.69, 9.17) is 0 Å². The van der Waals surface area contributed by atoms with Crippen molar-refractivity contribution in [3.05, 3.63) is 23.9 Å². The zero-order valence-electron chi connectivity index (χ0n) is 10.4. The van der Waals surface area contributed by atoms with Crippen molar-refractivity contribution in [1.82, 2.24) is 4.98 Å². The van der Waals surface area contributed by atoms with Gasteiger partial charge < -0.3 is 15.1 Å². The van der Waals surface area contributed by atoms with Gasteiger partial charge in [0.25, 0.3) is 0 Å². The summed E-state index contributed by atoms with van der Waals surface area (Å²) in [5.74, 6) is 0.870. The van der Waals surface area contributed by atoms with Crippen molar-refractivity contribution in [2.75, 3.05) is 18.0 Å². The van der Waals surface area contributed by atoms with Gasteiger partial charge in [-0.25, -0.2) is 4.98 Å². The molecule has 0 saturated carbocycles. The number of aliphatic hydroxyl groups is 2. The minimum atomic E-state index is -0.622. The second-order valence-corrected chi connectivity index (χ2v) is 5.15. The van der Waals surface area contributed by atoms with Crippen molar-refractivity contribution in [3.63, 3.8) is 0 Å². The fourth-order valence-electron chi connectivity index (χ4n) is 2.25. The van der Waals surface area contributed by atoms with E-state index in [2.05, 4.69) is 9.88 Å². The Bertz CT molecular complexity index is 374. The molecule has 1 fully saturated rings. The van der Waals surface area contributed by atoms with Crippen LogP contribution in [0.1, 0.15) is 38.4 Å². The Morgan fingerprint density at radius 1 is 1.47 bits per heavy atom. The lowest BCUT2D eigenvalue weighted by Gasteiger charge is -2.37. The number of pyridine rings is 1. The van der Waals surface area contributed by atoms with E-state index in [9.17, 15) is 10.2 Å². The van der Waals surface area contributed by atoms with Crippen LogP contribution in [-0.2, 0) is 0 Å². The first-order valence-corrected chi connectivity index (χ1v) is 6.09. The number of aliphatic hydroxyl groups excluding tert-OH is 1. The molecule has 0 spiro atoms. The van der Waals surface area contributed by atoms with Crippen molar-refractivity contribution >= 4 is 5.82 Å². The van der Waals surface area contributed by atoms with Crippen molar-refractivity contribution < 1.29 is 10.2 Å². The van der Waals surface area contributed by atoms with E-state index in [0.29, 0.717) is 6.54 Å². The third-order valence-electron chi connectivity index (χ3n) is 3.25. The first kappa shape index (κ1) is 12.3. The quantitative estimate of drug-likeness (QED) is 0.816.